The van der Waals surface area contributed by atoms with Gasteiger partial charge in [0.15, 0.2) is 0 Å². The number of halogens is 1. The van der Waals surface area contributed by atoms with Crippen LogP contribution >= 0.6 is 11.6 Å². The lowest BCUT2D eigenvalue weighted by Gasteiger charge is -2.09. The molecule has 0 heterocycles. The second-order valence-corrected chi connectivity index (χ2v) is 5.30. The molecule has 0 bridgehead atoms. The van der Waals surface area contributed by atoms with Crippen molar-refractivity contribution in [2.75, 3.05) is 11.9 Å². The smallest absolute Gasteiger partial charge is 0.257 e. The van der Waals surface area contributed by atoms with Crippen molar-refractivity contribution in [2.45, 2.75) is 19.8 Å². The van der Waals surface area contributed by atoms with Crippen molar-refractivity contribution >= 4 is 23.2 Å². The van der Waals surface area contributed by atoms with E-state index >= 15 is 0 Å². The lowest BCUT2D eigenvalue weighted by atomic mass is 10.1. The molecule has 2 N–H and O–H groups in total. The van der Waals surface area contributed by atoms with Crippen LogP contribution < -0.4 is 5.32 Å². The number of hydrogen-bond donors (Lipinski definition) is 2. The number of carbonyl (C=O) groups is 1. The highest BCUT2D eigenvalue weighted by atomic mass is 35.5. The van der Waals surface area contributed by atoms with Crippen LogP contribution in [0.15, 0.2) is 42.5 Å². The van der Waals surface area contributed by atoms with E-state index in [1.165, 1.54) is 0 Å². The van der Waals surface area contributed by atoms with Gasteiger partial charge in [-0.25, -0.2) is 0 Å². The molecule has 0 spiro atoms. The monoisotopic (exact) mass is 303 g/mol. The largest absolute Gasteiger partial charge is 0.396 e. The fourth-order valence-electron chi connectivity index (χ4n) is 2.11. The number of aliphatic hydroxyl groups excluding tert-OH is 1. The van der Waals surface area contributed by atoms with E-state index in [2.05, 4.69) is 5.32 Å². The maximum atomic E-state index is 12.3. The second kappa shape index (κ2) is 7.25. The average molecular weight is 304 g/mol. The molecule has 0 aromatic heterocycles. The van der Waals surface area contributed by atoms with Gasteiger partial charge in [-0.05, 0) is 49.1 Å². The van der Waals surface area contributed by atoms with Crippen LogP contribution in [0, 0.1) is 6.92 Å². The predicted octanol–water partition coefficient (Wildman–Crippen LogP) is 3.83. The van der Waals surface area contributed by atoms with Gasteiger partial charge in [0.25, 0.3) is 5.91 Å². The van der Waals surface area contributed by atoms with E-state index in [9.17, 15) is 4.79 Å². The standard InChI is InChI=1S/C17H18ClNO2/c1-12-5-2-9-15(16(12)18)17(21)19-14-8-3-6-13(11-14)7-4-10-20/h2-3,5-6,8-9,11,20H,4,7,10H2,1H3,(H,19,21). The van der Waals surface area contributed by atoms with Crippen LogP contribution in [0.1, 0.15) is 27.9 Å². The van der Waals surface area contributed by atoms with E-state index in [-0.39, 0.29) is 12.5 Å². The van der Waals surface area contributed by atoms with Crippen LogP contribution in [0.5, 0.6) is 0 Å². The van der Waals surface area contributed by atoms with Gasteiger partial charge in [0.1, 0.15) is 0 Å². The lowest BCUT2D eigenvalue weighted by molar-refractivity contribution is 0.102. The zero-order chi connectivity index (χ0) is 15.2. The Morgan fingerprint density at radius 1 is 1.24 bits per heavy atom. The van der Waals surface area contributed by atoms with Gasteiger partial charge in [0.05, 0.1) is 10.6 Å². The van der Waals surface area contributed by atoms with Crippen molar-refractivity contribution in [2.24, 2.45) is 0 Å². The predicted molar refractivity (Wildman–Crippen MR) is 86.0 cm³/mol. The Morgan fingerprint density at radius 2 is 2.00 bits per heavy atom. The number of carbonyl (C=O) groups excluding carboxylic acids is 1. The summed E-state index contributed by atoms with van der Waals surface area (Å²) in [6.07, 6.45) is 1.49. The Hall–Kier alpha value is -1.84. The molecule has 0 aliphatic carbocycles. The Labute approximate surface area is 129 Å². The minimum absolute atomic E-state index is 0.162. The van der Waals surface area contributed by atoms with E-state index in [0.717, 1.165) is 23.2 Å². The number of benzene rings is 2. The van der Waals surface area contributed by atoms with Crippen LogP contribution in [-0.2, 0) is 6.42 Å². The molecule has 2 rings (SSSR count). The molecule has 2 aromatic rings. The van der Waals surface area contributed by atoms with Crippen LogP contribution in [0.3, 0.4) is 0 Å². The topological polar surface area (TPSA) is 49.3 Å². The summed E-state index contributed by atoms with van der Waals surface area (Å²) in [7, 11) is 0. The van der Waals surface area contributed by atoms with Gasteiger partial charge >= 0.3 is 0 Å². The second-order valence-electron chi connectivity index (χ2n) is 4.92. The summed E-state index contributed by atoms with van der Waals surface area (Å²) in [4.78, 5) is 12.3. The van der Waals surface area contributed by atoms with E-state index in [0.29, 0.717) is 17.0 Å². The lowest BCUT2D eigenvalue weighted by Crippen LogP contribution is -2.13. The number of aryl methyl sites for hydroxylation is 2. The minimum atomic E-state index is -0.219. The van der Waals surface area contributed by atoms with Crippen molar-refractivity contribution in [3.8, 4) is 0 Å². The first-order valence-corrected chi connectivity index (χ1v) is 7.26. The summed E-state index contributed by atoms with van der Waals surface area (Å²) in [6.45, 7) is 2.03. The first kappa shape index (κ1) is 15.5. The summed E-state index contributed by atoms with van der Waals surface area (Å²) >= 11 is 6.17. The van der Waals surface area contributed by atoms with Gasteiger partial charge in [0.2, 0.25) is 0 Å². The summed E-state index contributed by atoms with van der Waals surface area (Å²) in [6, 6.07) is 13.0. The van der Waals surface area contributed by atoms with Crippen molar-refractivity contribution in [3.63, 3.8) is 0 Å². The third kappa shape index (κ3) is 4.06. The first-order valence-electron chi connectivity index (χ1n) is 6.88. The van der Waals surface area contributed by atoms with E-state index < -0.39 is 0 Å². The molecule has 0 saturated heterocycles. The molecule has 0 radical (unpaired) electrons. The Kier molecular flexibility index (Phi) is 5.37. The Morgan fingerprint density at radius 3 is 2.76 bits per heavy atom. The summed E-state index contributed by atoms with van der Waals surface area (Å²) in [5.74, 6) is -0.219. The first-order chi connectivity index (χ1) is 10.1. The van der Waals surface area contributed by atoms with Gasteiger partial charge < -0.3 is 10.4 Å². The Bertz CT molecular complexity index is 640. The fraction of sp³-hybridized carbons (Fsp3) is 0.235. The molecule has 4 heteroatoms. The van der Waals surface area contributed by atoms with E-state index in [1.54, 1.807) is 6.07 Å². The molecule has 0 unspecified atom stereocenters. The molecule has 0 saturated carbocycles. The number of hydrogen-bond acceptors (Lipinski definition) is 2. The zero-order valence-electron chi connectivity index (χ0n) is 11.9. The fourth-order valence-corrected chi connectivity index (χ4v) is 2.32. The molecular formula is C17H18ClNO2. The SMILES string of the molecule is Cc1cccc(C(=O)Nc2cccc(CCCO)c2)c1Cl. The maximum Gasteiger partial charge on any atom is 0.257 e. The Balaban J connectivity index is 2.14. The average Bonchev–Trinajstić information content (AvgIpc) is 2.48. The highest BCUT2D eigenvalue weighted by Gasteiger charge is 2.11. The molecule has 3 nitrogen and oxygen atoms in total. The summed E-state index contributed by atoms with van der Waals surface area (Å²) in [5, 5.41) is 12.2. The van der Waals surface area contributed by atoms with Crippen molar-refractivity contribution in [3.05, 3.63) is 64.2 Å². The van der Waals surface area contributed by atoms with E-state index in [1.807, 2.05) is 43.3 Å². The van der Waals surface area contributed by atoms with Crippen LogP contribution in [0.25, 0.3) is 0 Å². The van der Waals surface area contributed by atoms with Gasteiger partial charge in [-0.1, -0.05) is 35.9 Å². The highest BCUT2D eigenvalue weighted by Crippen LogP contribution is 2.22. The molecular weight excluding hydrogens is 286 g/mol. The number of nitrogens with one attached hydrogen (secondary N) is 1. The van der Waals surface area contributed by atoms with Gasteiger partial charge in [-0.3, -0.25) is 4.79 Å². The maximum absolute atomic E-state index is 12.3. The van der Waals surface area contributed by atoms with Crippen molar-refractivity contribution in [1.29, 1.82) is 0 Å². The van der Waals surface area contributed by atoms with Gasteiger partial charge in [-0.2, -0.15) is 0 Å². The normalized spacial score (nSPS) is 10.4. The number of rotatable bonds is 5. The quantitative estimate of drug-likeness (QED) is 0.882. The molecule has 2 aromatic carbocycles. The molecule has 0 atom stereocenters. The third-order valence-electron chi connectivity index (χ3n) is 3.24. The van der Waals surface area contributed by atoms with Gasteiger partial charge in [0, 0.05) is 12.3 Å². The highest BCUT2D eigenvalue weighted by molar-refractivity contribution is 6.35. The van der Waals surface area contributed by atoms with E-state index in [4.69, 9.17) is 16.7 Å². The van der Waals surface area contributed by atoms with Crippen molar-refractivity contribution in [1.82, 2.24) is 0 Å². The molecule has 0 aliphatic heterocycles. The molecule has 110 valence electrons. The van der Waals surface area contributed by atoms with Crippen molar-refractivity contribution < 1.29 is 9.90 Å². The summed E-state index contributed by atoms with van der Waals surface area (Å²) < 4.78 is 0. The molecule has 21 heavy (non-hydrogen) atoms. The molecule has 0 aliphatic rings. The minimum Gasteiger partial charge on any atom is -0.396 e. The molecule has 1 amide bonds. The number of amides is 1. The van der Waals surface area contributed by atoms with Crippen LogP contribution in [0.2, 0.25) is 5.02 Å². The third-order valence-corrected chi connectivity index (χ3v) is 3.75. The van der Waals surface area contributed by atoms with Gasteiger partial charge in [-0.15, -0.1) is 0 Å². The number of aliphatic hydroxyl groups is 1. The van der Waals surface area contributed by atoms with Crippen LogP contribution in [-0.4, -0.2) is 17.6 Å². The zero-order valence-corrected chi connectivity index (χ0v) is 12.7. The molecule has 0 fully saturated rings. The number of anilines is 1. The van der Waals surface area contributed by atoms with Crippen LogP contribution in [0.4, 0.5) is 5.69 Å². The summed E-state index contributed by atoms with van der Waals surface area (Å²) in [5.41, 5.74) is 3.16.